The molecule has 0 fully saturated rings. The standard InChI is InChI=1S/C13H12N4O2S/c1-2-10(12-14-5-6-20-12)17-11-4-3-8(13(18)19)7-9(11)15-16-17/h3-7,10H,2H2,1H3,(H,18,19). The van der Waals surface area contributed by atoms with E-state index in [0.29, 0.717) is 5.52 Å². The lowest BCUT2D eigenvalue weighted by Crippen LogP contribution is -2.11. The van der Waals surface area contributed by atoms with Gasteiger partial charge in [-0.2, -0.15) is 0 Å². The lowest BCUT2D eigenvalue weighted by molar-refractivity contribution is 0.0697. The molecule has 6 nitrogen and oxygen atoms in total. The molecule has 0 aliphatic carbocycles. The minimum absolute atomic E-state index is 0.0238. The van der Waals surface area contributed by atoms with E-state index in [4.69, 9.17) is 5.11 Å². The number of aromatic carboxylic acids is 1. The third-order valence-corrected chi connectivity index (χ3v) is 4.01. The van der Waals surface area contributed by atoms with E-state index < -0.39 is 5.97 Å². The van der Waals surface area contributed by atoms with Crippen molar-refractivity contribution in [3.63, 3.8) is 0 Å². The fourth-order valence-corrected chi connectivity index (χ4v) is 2.96. The van der Waals surface area contributed by atoms with Gasteiger partial charge in [-0.3, -0.25) is 0 Å². The van der Waals surface area contributed by atoms with Crippen LogP contribution < -0.4 is 0 Å². The van der Waals surface area contributed by atoms with Gasteiger partial charge in [-0.25, -0.2) is 14.5 Å². The molecule has 2 aromatic heterocycles. The van der Waals surface area contributed by atoms with E-state index in [1.54, 1.807) is 34.3 Å². The van der Waals surface area contributed by atoms with Gasteiger partial charge in [0.1, 0.15) is 16.6 Å². The third kappa shape index (κ3) is 2.05. The number of carbonyl (C=O) groups is 1. The number of benzene rings is 1. The predicted molar refractivity (Wildman–Crippen MR) is 75.0 cm³/mol. The van der Waals surface area contributed by atoms with E-state index >= 15 is 0 Å². The van der Waals surface area contributed by atoms with E-state index in [1.165, 1.54) is 6.07 Å². The van der Waals surface area contributed by atoms with Gasteiger partial charge in [0.05, 0.1) is 11.1 Å². The van der Waals surface area contributed by atoms with Gasteiger partial charge in [0.25, 0.3) is 0 Å². The van der Waals surface area contributed by atoms with Gasteiger partial charge < -0.3 is 5.11 Å². The normalized spacial score (nSPS) is 12.7. The maximum Gasteiger partial charge on any atom is 0.335 e. The molecule has 0 radical (unpaired) electrons. The molecule has 1 unspecified atom stereocenters. The van der Waals surface area contributed by atoms with E-state index in [9.17, 15) is 4.79 Å². The Balaban J connectivity index is 2.10. The van der Waals surface area contributed by atoms with Gasteiger partial charge in [0.15, 0.2) is 0 Å². The van der Waals surface area contributed by atoms with Crippen LogP contribution in [0.25, 0.3) is 11.0 Å². The number of nitrogens with zero attached hydrogens (tertiary/aromatic N) is 4. The van der Waals surface area contributed by atoms with Crippen molar-refractivity contribution in [2.24, 2.45) is 0 Å². The number of carboxylic acids is 1. The predicted octanol–water partition coefficient (Wildman–Crippen LogP) is 2.59. The molecule has 0 aliphatic heterocycles. The largest absolute Gasteiger partial charge is 0.478 e. The minimum atomic E-state index is -0.964. The molecule has 1 atom stereocenters. The minimum Gasteiger partial charge on any atom is -0.478 e. The van der Waals surface area contributed by atoms with E-state index in [-0.39, 0.29) is 11.6 Å². The van der Waals surface area contributed by atoms with Gasteiger partial charge in [-0.05, 0) is 24.6 Å². The van der Waals surface area contributed by atoms with Crippen LogP contribution in [-0.4, -0.2) is 31.1 Å². The van der Waals surface area contributed by atoms with Crippen LogP contribution in [0.3, 0.4) is 0 Å². The summed E-state index contributed by atoms with van der Waals surface area (Å²) in [5.41, 5.74) is 1.61. The molecule has 7 heteroatoms. The topological polar surface area (TPSA) is 80.9 Å². The SMILES string of the molecule is CCC(c1nccs1)n1nnc2cc(C(=O)O)ccc21. The summed E-state index contributed by atoms with van der Waals surface area (Å²) < 4.78 is 1.81. The number of thiazole rings is 1. The first-order valence-electron chi connectivity index (χ1n) is 6.18. The van der Waals surface area contributed by atoms with E-state index in [2.05, 4.69) is 22.2 Å². The average Bonchev–Trinajstić information content (AvgIpc) is 3.09. The zero-order chi connectivity index (χ0) is 14.1. The van der Waals surface area contributed by atoms with Gasteiger partial charge in [0.2, 0.25) is 0 Å². The molecule has 0 saturated carbocycles. The summed E-state index contributed by atoms with van der Waals surface area (Å²) in [6, 6.07) is 4.87. The maximum atomic E-state index is 11.0. The second kappa shape index (κ2) is 5.01. The van der Waals surface area contributed by atoms with Crippen LogP contribution >= 0.6 is 11.3 Å². The molecule has 0 spiro atoms. The summed E-state index contributed by atoms with van der Waals surface area (Å²) in [5.74, 6) is -0.964. The third-order valence-electron chi connectivity index (χ3n) is 3.14. The first-order valence-corrected chi connectivity index (χ1v) is 7.06. The van der Waals surface area contributed by atoms with Crippen LogP contribution in [0, 0.1) is 0 Å². The smallest absolute Gasteiger partial charge is 0.335 e. The fraction of sp³-hybridized carbons (Fsp3) is 0.231. The summed E-state index contributed by atoms with van der Waals surface area (Å²) in [6.45, 7) is 2.06. The Hall–Kier alpha value is -2.28. The Morgan fingerprint density at radius 3 is 3.00 bits per heavy atom. The average molecular weight is 288 g/mol. The molecule has 0 bridgehead atoms. The molecule has 3 rings (SSSR count). The first-order chi connectivity index (χ1) is 9.70. The van der Waals surface area contributed by atoms with Crippen molar-refractivity contribution in [1.82, 2.24) is 20.0 Å². The van der Waals surface area contributed by atoms with Crippen molar-refractivity contribution in [2.75, 3.05) is 0 Å². The van der Waals surface area contributed by atoms with Crippen LogP contribution in [0.15, 0.2) is 29.8 Å². The van der Waals surface area contributed by atoms with E-state index in [0.717, 1.165) is 16.9 Å². The Morgan fingerprint density at radius 2 is 2.35 bits per heavy atom. The Morgan fingerprint density at radius 1 is 1.50 bits per heavy atom. The molecule has 102 valence electrons. The Labute approximate surface area is 118 Å². The van der Waals surface area contributed by atoms with Crippen molar-refractivity contribution in [1.29, 1.82) is 0 Å². The molecule has 20 heavy (non-hydrogen) atoms. The molecular weight excluding hydrogens is 276 g/mol. The molecular formula is C13H12N4O2S. The summed E-state index contributed by atoms with van der Waals surface area (Å²) in [6.07, 6.45) is 2.61. The number of fused-ring (bicyclic) bond motifs is 1. The lowest BCUT2D eigenvalue weighted by Gasteiger charge is -2.12. The number of aromatic nitrogens is 4. The Bertz CT molecular complexity index is 751. The van der Waals surface area contributed by atoms with Crippen LogP contribution in [0.4, 0.5) is 0 Å². The van der Waals surface area contributed by atoms with Crippen LogP contribution in [0.5, 0.6) is 0 Å². The van der Waals surface area contributed by atoms with Crippen molar-refractivity contribution in [3.05, 3.63) is 40.3 Å². The highest BCUT2D eigenvalue weighted by Gasteiger charge is 2.19. The van der Waals surface area contributed by atoms with Crippen LogP contribution in [0.2, 0.25) is 0 Å². The number of carboxylic acid groups (broad SMARTS) is 1. The molecule has 0 saturated heterocycles. The number of hydrogen-bond donors (Lipinski definition) is 1. The fourth-order valence-electron chi connectivity index (χ4n) is 2.16. The highest BCUT2D eigenvalue weighted by molar-refractivity contribution is 7.09. The zero-order valence-electron chi connectivity index (χ0n) is 10.7. The molecule has 2 heterocycles. The summed E-state index contributed by atoms with van der Waals surface area (Å²) >= 11 is 1.58. The summed E-state index contributed by atoms with van der Waals surface area (Å²) in [5, 5.41) is 20.1. The van der Waals surface area contributed by atoms with Crippen molar-refractivity contribution < 1.29 is 9.90 Å². The quantitative estimate of drug-likeness (QED) is 0.798. The van der Waals surface area contributed by atoms with E-state index in [1.807, 2.05) is 5.38 Å². The van der Waals surface area contributed by atoms with Crippen LogP contribution in [-0.2, 0) is 0 Å². The molecule has 0 aliphatic rings. The zero-order valence-corrected chi connectivity index (χ0v) is 11.5. The highest BCUT2D eigenvalue weighted by atomic mass is 32.1. The summed E-state index contributed by atoms with van der Waals surface area (Å²) in [7, 11) is 0. The van der Waals surface area contributed by atoms with Crippen molar-refractivity contribution >= 4 is 28.3 Å². The molecule has 1 aromatic carbocycles. The first kappa shape index (κ1) is 12.7. The maximum absolute atomic E-state index is 11.0. The molecule has 1 N–H and O–H groups in total. The Kier molecular flexibility index (Phi) is 3.19. The van der Waals surface area contributed by atoms with Gasteiger partial charge in [0, 0.05) is 11.6 Å². The second-order valence-corrected chi connectivity index (χ2v) is 5.26. The lowest BCUT2D eigenvalue weighted by atomic mass is 10.2. The number of rotatable bonds is 4. The second-order valence-electron chi connectivity index (χ2n) is 4.34. The molecule has 3 aromatic rings. The van der Waals surface area contributed by atoms with Crippen molar-refractivity contribution in [2.45, 2.75) is 19.4 Å². The van der Waals surface area contributed by atoms with Crippen molar-refractivity contribution in [3.8, 4) is 0 Å². The molecule has 0 amide bonds. The monoisotopic (exact) mass is 288 g/mol. The number of hydrogen-bond acceptors (Lipinski definition) is 5. The van der Waals surface area contributed by atoms with Gasteiger partial charge >= 0.3 is 5.97 Å². The van der Waals surface area contributed by atoms with Gasteiger partial charge in [-0.1, -0.05) is 12.1 Å². The van der Waals surface area contributed by atoms with Crippen LogP contribution in [0.1, 0.15) is 34.8 Å². The highest BCUT2D eigenvalue weighted by Crippen LogP contribution is 2.26. The summed E-state index contributed by atoms with van der Waals surface area (Å²) in [4.78, 5) is 15.3. The van der Waals surface area contributed by atoms with Gasteiger partial charge in [-0.15, -0.1) is 16.4 Å².